The van der Waals surface area contributed by atoms with Crippen molar-refractivity contribution < 1.29 is 27.1 Å². The number of esters is 1. The summed E-state index contributed by atoms with van der Waals surface area (Å²) in [6.45, 7) is 2.54. The summed E-state index contributed by atoms with van der Waals surface area (Å²) in [7, 11) is -3.87. The van der Waals surface area contributed by atoms with Gasteiger partial charge in [0.2, 0.25) is 10.0 Å². The molecule has 0 aliphatic rings. The zero-order valence-corrected chi connectivity index (χ0v) is 15.5. The number of benzene rings is 2. The van der Waals surface area contributed by atoms with Crippen LogP contribution in [0.1, 0.15) is 12.5 Å². The molecule has 144 valence electrons. The van der Waals surface area contributed by atoms with Crippen LogP contribution < -0.4 is 10.0 Å². The minimum absolute atomic E-state index is 0.0167. The summed E-state index contributed by atoms with van der Waals surface area (Å²) in [6.07, 6.45) is -1.16. The first-order valence-corrected chi connectivity index (χ1v) is 9.48. The van der Waals surface area contributed by atoms with Crippen molar-refractivity contribution in [2.75, 3.05) is 11.9 Å². The molecule has 1 atom stereocenters. The highest BCUT2D eigenvalue weighted by Crippen LogP contribution is 2.11. The summed E-state index contributed by atoms with van der Waals surface area (Å²) in [5.74, 6) is -1.99. The van der Waals surface area contributed by atoms with Gasteiger partial charge in [-0.15, -0.1) is 0 Å². The molecule has 0 saturated carbocycles. The Hall–Kier alpha value is -2.78. The van der Waals surface area contributed by atoms with Gasteiger partial charge in [0, 0.05) is 5.69 Å². The molecular weight excluding hydrogens is 375 g/mol. The lowest BCUT2D eigenvalue weighted by atomic mass is 10.2. The molecule has 0 aliphatic heterocycles. The van der Waals surface area contributed by atoms with Crippen LogP contribution in [0.4, 0.5) is 10.1 Å². The standard InChI is InChI=1S/C18H19FN2O5S/c1-12-3-9-16(10-4-12)27(24,25)20-11-17(22)26-13(2)18(23)21-15-7-5-14(19)6-8-15/h3-10,13,20H,11H2,1-2H3,(H,21,23)/t13-/m0/s1. The predicted octanol–water partition coefficient (Wildman–Crippen LogP) is 1.98. The van der Waals surface area contributed by atoms with Gasteiger partial charge >= 0.3 is 5.97 Å². The number of hydrogen-bond acceptors (Lipinski definition) is 5. The molecule has 2 aromatic carbocycles. The van der Waals surface area contributed by atoms with Gasteiger partial charge in [0.05, 0.1) is 4.90 Å². The van der Waals surface area contributed by atoms with Crippen molar-refractivity contribution in [3.05, 3.63) is 59.9 Å². The van der Waals surface area contributed by atoms with Gasteiger partial charge in [0.1, 0.15) is 12.4 Å². The summed E-state index contributed by atoms with van der Waals surface area (Å²) in [4.78, 5) is 23.8. The minimum Gasteiger partial charge on any atom is -0.452 e. The Balaban J connectivity index is 1.86. The molecule has 9 heteroatoms. The van der Waals surface area contributed by atoms with Gasteiger partial charge in [0.25, 0.3) is 5.91 Å². The van der Waals surface area contributed by atoms with E-state index in [-0.39, 0.29) is 4.90 Å². The quantitative estimate of drug-likeness (QED) is 0.700. The number of amides is 1. The molecule has 0 unspecified atom stereocenters. The van der Waals surface area contributed by atoms with Crippen LogP contribution >= 0.6 is 0 Å². The molecule has 27 heavy (non-hydrogen) atoms. The Bertz CT molecular complexity index is 912. The molecule has 0 radical (unpaired) electrons. The molecule has 0 spiro atoms. The zero-order chi connectivity index (χ0) is 20.0. The van der Waals surface area contributed by atoms with Crippen LogP contribution in [0.2, 0.25) is 0 Å². The zero-order valence-electron chi connectivity index (χ0n) is 14.7. The summed E-state index contributed by atoms with van der Waals surface area (Å²) in [6, 6.07) is 11.2. The van der Waals surface area contributed by atoms with E-state index in [0.29, 0.717) is 5.69 Å². The van der Waals surface area contributed by atoms with Gasteiger partial charge in [-0.25, -0.2) is 12.8 Å². The second-order valence-electron chi connectivity index (χ2n) is 5.77. The third kappa shape index (κ3) is 6.15. The Morgan fingerprint density at radius 3 is 2.26 bits per heavy atom. The lowest BCUT2D eigenvalue weighted by Crippen LogP contribution is -2.35. The second-order valence-corrected chi connectivity index (χ2v) is 7.53. The van der Waals surface area contributed by atoms with Gasteiger partial charge in [-0.3, -0.25) is 9.59 Å². The fraction of sp³-hybridized carbons (Fsp3) is 0.222. The van der Waals surface area contributed by atoms with E-state index >= 15 is 0 Å². The minimum atomic E-state index is -3.87. The molecule has 0 bridgehead atoms. The summed E-state index contributed by atoms with van der Waals surface area (Å²) in [5, 5.41) is 2.46. The Kier molecular flexibility index (Phi) is 6.65. The Morgan fingerprint density at radius 2 is 1.67 bits per heavy atom. The molecule has 2 aromatic rings. The van der Waals surface area contributed by atoms with Gasteiger partial charge < -0.3 is 10.1 Å². The molecule has 0 aromatic heterocycles. The SMILES string of the molecule is Cc1ccc(S(=O)(=O)NCC(=O)O[C@@H](C)C(=O)Nc2ccc(F)cc2)cc1. The highest BCUT2D eigenvalue weighted by Gasteiger charge is 2.20. The molecule has 0 heterocycles. The normalized spacial score (nSPS) is 12.3. The number of nitrogens with one attached hydrogen (secondary N) is 2. The average Bonchev–Trinajstić information content (AvgIpc) is 2.62. The summed E-state index contributed by atoms with van der Waals surface area (Å²) in [5.41, 5.74) is 1.23. The third-order valence-electron chi connectivity index (χ3n) is 3.53. The van der Waals surface area contributed by atoms with Crippen molar-refractivity contribution in [3.8, 4) is 0 Å². The summed E-state index contributed by atoms with van der Waals surface area (Å²) < 4.78 is 44.1. The molecule has 2 rings (SSSR count). The number of rotatable bonds is 7. The van der Waals surface area contributed by atoms with Crippen LogP contribution in [0.25, 0.3) is 0 Å². The van der Waals surface area contributed by atoms with Crippen molar-refractivity contribution in [1.82, 2.24) is 4.72 Å². The maximum absolute atomic E-state index is 12.8. The van der Waals surface area contributed by atoms with E-state index in [1.165, 1.54) is 43.3 Å². The Labute approximate surface area is 156 Å². The fourth-order valence-electron chi connectivity index (χ4n) is 2.02. The highest BCUT2D eigenvalue weighted by atomic mass is 32.2. The maximum Gasteiger partial charge on any atom is 0.321 e. The van der Waals surface area contributed by atoms with Crippen molar-refractivity contribution in [3.63, 3.8) is 0 Å². The van der Waals surface area contributed by atoms with E-state index in [9.17, 15) is 22.4 Å². The predicted molar refractivity (Wildman–Crippen MR) is 97.0 cm³/mol. The largest absolute Gasteiger partial charge is 0.452 e. The van der Waals surface area contributed by atoms with E-state index in [1.807, 2.05) is 6.92 Å². The molecule has 0 saturated heterocycles. The number of aryl methyl sites for hydroxylation is 1. The number of halogens is 1. The van der Waals surface area contributed by atoms with E-state index in [1.54, 1.807) is 12.1 Å². The first-order valence-electron chi connectivity index (χ1n) is 7.99. The van der Waals surface area contributed by atoms with Crippen molar-refractivity contribution in [1.29, 1.82) is 0 Å². The van der Waals surface area contributed by atoms with Crippen molar-refractivity contribution in [2.45, 2.75) is 24.8 Å². The van der Waals surface area contributed by atoms with Crippen LogP contribution in [0, 0.1) is 12.7 Å². The lowest BCUT2D eigenvalue weighted by Gasteiger charge is -2.14. The van der Waals surface area contributed by atoms with Crippen LogP contribution in [-0.4, -0.2) is 32.9 Å². The topological polar surface area (TPSA) is 102 Å². The number of ether oxygens (including phenoxy) is 1. The number of anilines is 1. The van der Waals surface area contributed by atoms with Crippen LogP contribution in [0.3, 0.4) is 0 Å². The van der Waals surface area contributed by atoms with Gasteiger partial charge in [0.15, 0.2) is 6.10 Å². The molecular formula is C18H19FN2O5S. The van der Waals surface area contributed by atoms with Crippen LogP contribution in [-0.2, 0) is 24.3 Å². The smallest absolute Gasteiger partial charge is 0.321 e. The van der Waals surface area contributed by atoms with Gasteiger partial charge in [-0.2, -0.15) is 4.72 Å². The Morgan fingerprint density at radius 1 is 1.07 bits per heavy atom. The highest BCUT2D eigenvalue weighted by molar-refractivity contribution is 7.89. The molecule has 0 fully saturated rings. The maximum atomic E-state index is 12.8. The first-order chi connectivity index (χ1) is 12.7. The van der Waals surface area contributed by atoms with E-state index < -0.39 is 40.4 Å². The fourth-order valence-corrected chi connectivity index (χ4v) is 2.99. The number of hydrogen-bond donors (Lipinski definition) is 2. The molecule has 0 aliphatic carbocycles. The number of carbonyl (C=O) groups is 2. The van der Waals surface area contributed by atoms with Gasteiger partial charge in [-0.1, -0.05) is 17.7 Å². The lowest BCUT2D eigenvalue weighted by molar-refractivity contribution is -0.151. The first kappa shape index (κ1) is 20.5. The molecule has 2 N–H and O–H groups in total. The van der Waals surface area contributed by atoms with E-state index in [0.717, 1.165) is 5.56 Å². The van der Waals surface area contributed by atoms with E-state index in [4.69, 9.17) is 4.74 Å². The second kappa shape index (κ2) is 8.74. The van der Waals surface area contributed by atoms with E-state index in [2.05, 4.69) is 10.0 Å². The van der Waals surface area contributed by atoms with Crippen molar-refractivity contribution in [2.24, 2.45) is 0 Å². The number of sulfonamides is 1. The third-order valence-corrected chi connectivity index (χ3v) is 4.94. The molecule has 1 amide bonds. The van der Waals surface area contributed by atoms with Gasteiger partial charge in [-0.05, 0) is 50.2 Å². The van der Waals surface area contributed by atoms with Crippen LogP contribution in [0.5, 0.6) is 0 Å². The summed E-state index contributed by atoms with van der Waals surface area (Å²) >= 11 is 0. The molecule has 7 nitrogen and oxygen atoms in total. The number of carbonyl (C=O) groups excluding carboxylic acids is 2. The van der Waals surface area contributed by atoms with Crippen molar-refractivity contribution >= 4 is 27.6 Å². The van der Waals surface area contributed by atoms with Crippen LogP contribution in [0.15, 0.2) is 53.4 Å². The monoisotopic (exact) mass is 394 g/mol. The average molecular weight is 394 g/mol.